The highest BCUT2D eigenvalue weighted by Gasteiger charge is 2.23. The van der Waals surface area contributed by atoms with Crippen LogP contribution in [0.5, 0.6) is 0 Å². The molecule has 0 radical (unpaired) electrons. The second kappa shape index (κ2) is 5.03. The van der Waals surface area contributed by atoms with Gasteiger partial charge in [0.1, 0.15) is 5.82 Å². The molecule has 4 heteroatoms. The van der Waals surface area contributed by atoms with Gasteiger partial charge in [0.15, 0.2) is 0 Å². The van der Waals surface area contributed by atoms with E-state index in [0.717, 1.165) is 17.6 Å². The van der Waals surface area contributed by atoms with E-state index in [4.69, 9.17) is 0 Å². The Morgan fingerprint density at radius 2 is 2.47 bits per heavy atom. The molecule has 1 heterocycles. The first kappa shape index (κ1) is 11.0. The molecule has 84 valence electrons. The predicted molar refractivity (Wildman–Crippen MR) is 65.0 cm³/mol. The zero-order valence-corrected chi connectivity index (χ0v) is 10.3. The summed E-state index contributed by atoms with van der Waals surface area (Å²) < 4.78 is 2.08. The van der Waals surface area contributed by atoms with E-state index in [1.165, 1.54) is 19.3 Å². The molecule has 0 aromatic carbocycles. The van der Waals surface area contributed by atoms with Crippen LogP contribution in [-0.2, 0) is 13.6 Å². The van der Waals surface area contributed by atoms with Gasteiger partial charge in [-0.3, -0.25) is 0 Å². The lowest BCUT2D eigenvalue weighted by molar-refractivity contribution is 0.508. The predicted octanol–water partition coefficient (Wildman–Crippen LogP) is 1.79. The van der Waals surface area contributed by atoms with Gasteiger partial charge < -0.3 is 9.88 Å². The molecule has 1 aromatic rings. The van der Waals surface area contributed by atoms with Crippen LogP contribution >= 0.6 is 11.8 Å². The van der Waals surface area contributed by atoms with Gasteiger partial charge in [-0.15, -0.1) is 0 Å². The molecule has 1 fully saturated rings. The van der Waals surface area contributed by atoms with E-state index in [2.05, 4.69) is 21.1 Å². The monoisotopic (exact) mass is 225 g/mol. The molecular weight excluding hydrogens is 206 g/mol. The molecule has 1 aliphatic carbocycles. The summed E-state index contributed by atoms with van der Waals surface area (Å²) in [7, 11) is 2.05. The van der Waals surface area contributed by atoms with E-state index in [-0.39, 0.29) is 0 Å². The van der Waals surface area contributed by atoms with Crippen LogP contribution < -0.4 is 5.32 Å². The number of imidazole rings is 1. The van der Waals surface area contributed by atoms with Crippen molar-refractivity contribution in [1.82, 2.24) is 14.9 Å². The highest BCUT2D eigenvalue weighted by molar-refractivity contribution is 7.99. The van der Waals surface area contributed by atoms with Crippen molar-refractivity contribution in [2.75, 3.05) is 6.26 Å². The summed E-state index contributed by atoms with van der Waals surface area (Å²) >= 11 is 2.00. The van der Waals surface area contributed by atoms with Crippen molar-refractivity contribution in [3.8, 4) is 0 Å². The third-order valence-corrected chi connectivity index (χ3v) is 4.28. The molecule has 0 aliphatic heterocycles. The molecule has 2 rings (SSSR count). The number of thioether (sulfide) groups is 1. The molecule has 15 heavy (non-hydrogen) atoms. The van der Waals surface area contributed by atoms with Crippen molar-refractivity contribution in [1.29, 1.82) is 0 Å². The highest BCUT2D eigenvalue weighted by atomic mass is 32.2. The van der Waals surface area contributed by atoms with Crippen LogP contribution in [-0.4, -0.2) is 27.1 Å². The zero-order chi connectivity index (χ0) is 10.7. The standard InChI is InChI=1S/C11H19N3S/c1-14-6-5-12-11(14)8-13-9-3-4-10(7-9)15-2/h5-6,9-10,13H,3-4,7-8H2,1-2H3. The van der Waals surface area contributed by atoms with E-state index >= 15 is 0 Å². The van der Waals surface area contributed by atoms with Crippen LogP contribution in [0.4, 0.5) is 0 Å². The normalized spacial score (nSPS) is 26.0. The summed E-state index contributed by atoms with van der Waals surface area (Å²) in [5, 5.41) is 4.46. The summed E-state index contributed by atoms with van der Waals surface area (Å²) in [6.45, 7) is 0.898. The molecule has 0 spiro atoms. The Hall–Kier alpha value is -0.480. The maximum atomic E-state index is 4.31. The Balaban J connectivity index is 1.77. The van der Waals surface area contributed by atoms with E-state index in [0.29, 0.717) is 6.04 Å². The van der Waals surface area contributed by atoms with Crippen LogP contribution in [0.15, 0.2) is 12.4 Å². The molecule has 0 saturated heterocycles. The molecule has 0 amide bonds. The first-order valence-electron chi connectivity index (χ1n) is 5.52. The molecule has 2 atom stereocenters. The summed E-state index contributed by atoms with van der Waals surface area (Å²) in [5.41, 5.74) is 0. The quantitative estimate of drug-likeness (QED) is 0.847. The lowest BCUT2D eigenvalue weighted by Gasteiger charge is -2.12. The number of hydrogen-bond donors (Lipinski definition) is 1. The Labute approximate surface area is 95.7 Å². The second-order valence-corrected chi connectivity index (χ2v) is 5.34. The Bertz CT molecular complexity index is 311. The Morgan fingerprint density at radius 3 is 3.07 bits per heavy atom. The minimum atomic E-state index is 0.694. The minimum Gasteiger partial charge on any atom is -0.337 e. The summed E-state index contributed by atoms with van der Waals surface area (Å²) in [6.07, 6.45) is 10.1. The van der Waals surface area contributed by atoms with Crippen molar-refractivity contribution in [3.63, 3.8) is 0 Å². The molecule has 1 saturated carbocycles. The van der Waals surface area contributed by atoms with Gasteiger partial charge in [0, 0.05) is 30.7 Å². The fourth-order valence-electron chi connectivity index (χ4n) is 2.14. The van der Waals surface area contributed by atoms with Crippen LogP contribution in [0.3, 0.4) is 0 Å². The third kappa shape index (κ3) is 2.75. The molecule has 1 N–H and O–H groups in total. The van der Waals surface area contributed by atoms with E-state index < -0.39 is 0 Å². The summed E-state index contributed by atoms with van der Waals surface area (Å²) in [5.74, 6) is 1.13. The SMILES string of the molecule is CSC1CCC(NCc2nccn2C)C1. The minimum absolute atomic E-state index is 0.694. The molecule has 3 nitrogen and oxygen atoms in total. The van der Waals surface area contributed by atoms with Crippen molar-refractivity contribution in [2.24, 2.45) is 7.05 Å². The average Bonchev–Trinajstić information content (AvgIpc) is 2.84. The number of rotatable bonds is 4. The molecular formula is C11H19N3S. The fourth-order valence-corrected chi connectivity index (χ4v) is 2.94. The van der Waals surface area contributed by atoms with Gasteiger partial charge >= 0.3 is 0 Å². The van der Waals surface area contributed by atoms with Gasteiger partial charge in [0.25, 0.3) is 0 Å². The summed E-state index contributed by atoms with van der Waals surface area (Å²) in [4.78, 5) is 4.31. The number of aryl methyl sites for hydroxylation is 1. The first-order valence-corrected chi connectivity index (χ1v) is 6.80. The molecule has 0 bridgehead atoms. The zero-order valence-electron chi connectivity index (χ0n) is 9.44. The lowest BCUT2D eigenvalue weighted by Crippen LogP contribution is -2.27. The van der Waals surface area contributed by atoms with Crippen LogP contribution in [0.25, 0.3) is 0 Å². The van der Waals surface area contributed by atoms with Gasteiger partial charge in [0.05, 0.1) is 6.54 Å². The number of nitrogens with zero attached hydrogens (tertiary/aromatic N) is 2. The van der Waals surface area contributed by atoms with Crippen LogP contribution in [0, 0.1) is 0 Å². The van der Waals surface area contributed by atoms with Crippen molar-refractivity contribution in [3.05, 3.63) is 18.2 Å². The van der Waals surface area contributed by atoms with Gasteiger partial charge in [-0.25, -0.2) is 4.98 Å². The maximum absolute atomic E-state index is 4.31. The molecule has 1 aliphatic rings. The van der Waals surface area contributed by atoms with Crippen molar-refractivity contribution >= 4 is 11.8 Å². The van der Waals surface area contributed by atoms with E-state index in [1.807, 2.05) is 31.2 Å². The highest BCUT2D eigenvalue weighted by Crippen LogP contribution is 2.28. The molecule has 1 aromatic heterocycles. The topological polar surface area (TPSA) is 29.9 Å². The van der Waals surface area contributed by atoms with E-state index in [9.17, 15) is 0 Å². The van der Waals surface area contributed by atoms with Gasteiger partial charge in [-0.05, 0) is 25.5 Å². The van der Waals surface area contributed by atoms with Gasteiger partial charge in [-0.2, -0.15) is 11.8 Å². The van der Waals surface area contributed by atoms with Crippen molar-refractivity contribution < 1.29 is 0 Å². The summed E-state index contributed by atoms with van der Waals surface area (Å²) in [6, 6.07) is 0.694. The Morgan fingerprint density at radius 1 is 1.60 bits per heavy atom. The smallest absolute Gasteiger partial charge is 0.122 e. The number of nitrogens with one attached hydrogen (secondary N) is 1. The lowest BCUT2D eigenvalue weighted by atomic mass is 10.2. The van der Waals surface area contributed by atoms with Gasteiger partial charge in [-0.1, -0.05) is 0 Å². The maximum Gasteiger partial charge on any atom is 0.122 e. The average molecular weight is 225 g/mol. The van der Waals surface area contributed by atoms with Crippen LogP contribution in [0.2, 0.25) is 0 Å². The first-order chi connectivity index (χ1) is 7.29. The molecule has 2 unspecified atom stereocenters. The largest absolute Gasteiger partial charge is 0.337 e. The van der Waals surface area contributed by atoms with Crippen LogP contribution in [0.1, 0.15) is 25.1 Å². The number of hydrogen-bond acceptors (Lipinski definition) is 3. The third-order valence-electron chi connectivity index (χ3n) is 3.19. The van der Waals surface area contributed by atoms with Crippen molar-refractivity contribution in [2.45, 2.75) is 37.1 Å². The van der Waals surface area contributed by atoms with Gasteiger partial charge in [0.2, 0.25) is 0 Å². The van der Waals surface area contributed by atoms with E-state index in [1.54, 1.807) is 0 Å². The number of aromatic nitrogens is 2. The second-order valence-electron chi connectivity index (χ2n) is 4.20. The Kier molecular flexibility index (Phi) is 3.70. The fraction of sp³-hybridized carbons (Fsp3) is 0.727.